The van der Waals surface area contributed by atoms with Crippen LogP contribution in [0.2, 0.25) is 0 Å². The maximum absolute atomic E-state index is 5.97. The molecule has 0 bridgehead atoms. The van der Waals surface area contributed by atoms with Gasteiger partial charge < -0.3 is 5.73 Å². The molecule has 0 spiro atoms. The Morgan fingerprint density at radius 1 is 1.15 bits per heavy atom. The molecule has 1 aromatic carbocycles. The van der Waals surface area contributed by atoms with E-state index < -0.39 is 0 Å². The first-order valence-electron chi connectivity index (χ1n) is 6.68. The van der Waals surface area contributed by atoms with E-state index in [4.69, 9.17) is 5.73 Å². The van der Waals surface area contributed by atoms with Gasteiger partial charge >= 0.3 is 0 Å². The predicted molar refractivity (Wildman–Crippen MR) is 92.8 cm³/mol. The molecule has 1 heterocycles. The molecule has 0 radical (unpaired) electrons. The van der Waals surface area contributed by atoms with Gasteiger partial charge in [-0.3, -0.25) is 4.98 Å². The largest absolute Gasteiger partial charge is 0.328 e. The summed E-state index contributed by atoms with van der Waals surface area (Å²) >= 11 is 5.67. The monoisotopic (exact) mass is 372 g/mol. The van der Waals surface area contributed by atoms with Gasteiger partial charge in [-0.15, -0.1) is 24.2 Å². The molecular weight excluding hydrogens is 356 g/mol. The molecule has 0 aliphatic heterocycles. The van der Waals surface area contributed by atoms with Crippen LogP contribution in [0.15, 0.2) is 40.0 Å². The Kier molecular flexibility index (Phi) is 5.73. The lowest BCUT2D eigenvalue weighted by Crippen LogP contribution is -2.27. The summed E-state index contributed by atoms with van der Waals surface area (Å²) < 4.78 is 1.17. The van der Waals surface area contributed by atoms with Gasteiger partial charge in [-0.25, -0.2) is 0 Å². The Morgan fingerprint density at radius 3 is 2.65 bits per heavy atom. The summed E-state index contributed by atoms with van der Waals surface area (Å²) in [7, 11) is 0. The topological polar surface area (TPSA) is 38.9 Å². The molecule has 0 unspecified atom stereocenters. The van der Waals surface area contributed by atoms with Crippen molar-refractivity contribution in [3.8, 4) is 0 Å². The number of benzene rings is 1. The molecule has 0 amide bonds. The number of nitrogens with two attached hydrogens (primary N) is 1. The summed E-state index contributed by atoms with van der Waals surface area (Å²) in [6.45, 7) is 0. The number of nitrogens with zero attached hydrogens (tertiary/aromatic N) is 1. The average molecular weight is 374 g/mol. The fourth-order valence-electron chi connectivity index (χ4n) is 2.56. The SMILES string of the molecule is Cl.NC1CCC(Sc2cc3ccncc3cc2Br)CC1. The van der Waals surface area contributed by atoms with Crippen molar-refractivity contribution in [2.75, 3.05) is 0 Å². The highest BCUT2D eigenvalue weighted by molar-refractivity contribution is 9.10. The highest BCUT2D eigenvalue weighted by Gasteiger charge is 2.20. The van der Waals surface area contributed by atoms with E-state index in [9.17, 15) is 0 Å². The molecule has 1 aliphatic carbocycles. The van der Waals surface area contributed by atoms with Crippen molar-refractivity contribution >= 4 is 50.9 Å². The fraction of sp³-hybridized carbons (Fsp3) is 0.400. The summed E-state index contributed by atoms with van der Waals surface area (Å²) in [6, 6.07) is 6.92. The molecule has 2 nitrogen and oxygen atoms in total. The van der Waals surface area contributed by atoms with Crippen LogP contribution in [-0.2, 0) is 0 Å². The molecule has 20 heavy (non-hydrogen) atoms. The van der Waals surface area contributed by atoms with Crippen LogP contribution in [0, 0.1) is 0 Å². The number of hydrogen-bond donors (Lipinski definition) is 1. The quantitative estimate of drug-likeness (QED) is 0.823. The van der Waals surface area contributed by atoms with Crippen molar-refractivity contribution in [2.45, 2.75) is 41.9 Å². The van der Waals surface area contributed by atoms with Crippen molar-refractivity contribution in [1.82, 2.24) is 4.98 Å². The fourth-order valence-corrected chi connectivity index (χ4v) is 4.44. The van der Waals surface area contributed by atoms with Crippen LogP contribution in [0.4, 0.5) is 0 Å². The Morgan fingerprint density at radius 2 is 1.90 bits per heavy atom. The maximum Gasteiger partial charge on any atom is 0.0346 e. The van der Waals surface area contributed by atoms with Crippen molar-refractivity contribution < 1.29 is 0 Å². The average Bonchev–Trinajstić information content (AvgIpc) is 2.42. The Hall–Kier alpha value is -0.290. The third kappa shape index (κ3) is 3.67. The zero-order chi connectivity index (χ0) is 13.2. The van der Waals surface area contributed by atoms with Gasteiger partial charge in [0.15, 0.2) is 0 Å². The summed E-state index contributed by atoms with van der Waals surface area (Å²) in [5.74, 6) is 0. The second kappa shape index (κ2) is 7.12. The molecule has 2 aromatic rings. The van der Waals surface area contributed by atoms with Crippen LogP contribution in [0.1, 0.15) is 25.7 Å². The first-order valence-corrected chi connectivity index (χ1v) is 8.35. The molecule has 1 aromatic heterocycles. The molecule has 1 fully saturated rings. The van der Waals surface area contributed by atoms with Crippen LogP contribution in [0.3, 0.4) is 0 Å². The minimum atomic E-state index is 0. The number of fused-ring (bicyclic) bond motifs is 1. The molecule has 1 saturated carbocycles. The van der Waals surface area contributed by atoms with Crippen LogP contribution >= 0.6 is 40.1 Å². The third-order valence-electron chi connectivity index (χ3n) is 3.70. The van der Waals surface area contributed by atoms with Gasteiger partial charge in [-0.2, -0.15) is 0 Å². The van der Waals surface area contributed by atoms with Gasteiger partial charge in [0.05, 0.1) is 0 Å². The summed E-state index contributed by atoms with van der Waals surface area (Å²) in [5, 5.41) is 3.15. The van der Waals surface area contributed by atoms with Crippen LogP contribution in [-0.4, -0.2) is 16.3 Å². The second-order valence-corrected chi connectivity index (χ2v) is 7.36. The highest BCUT2D eigenvalue weighted by atomic mass is 79.9. The molecule has 1 aliphatic rings. The number of thioether (sulfide) groups is 1. The lowest BCUT2D eigenvalue weighted by molar-refractivity contribution is 0.451. The predicted octanol–water partition coefficient (Wildman–Crippen LogP) is 4.78. The normalized spacial score (nSPS) is 22.5. The van der Waals surface area contributed by atoms with Crippen molar-refractivity contribution in [1.29, 1.82) is 0 Å². The van der Waals surface area contributed by atoms with Gasteiger partial charge in [0, 0.05) is 38.4 Å². The molecule has 108 valence electrons. The van der Waals surface area contributed by atoms with E-state index in [0.717, 1.165) is 12.8 Å². The zero-order valence-electron chi connectivity index (χ0n) is 11.1. The molecule has 2 N–H and O–H groups in total. The van der Waals surface area contributed by atoms with Crippen LogP contribution < -0.4 is 5.73 Å². The molecule has 3 rings (SSSR count). The Bertz CT molecular complexity index is 585. The number of halogens is 2. The molecule has 0 saturated heterocycles. The first-order chi connectivity index (χ1) is 9.22. The second-order valence-electron chi connectivity index (χ2n) is 5.16. The lowest BCUT2D eigenvalue weighted by atomic mass is 9.96. The van der Waals surface area contributed by atoms with Crippen LogP contribution in [0.25, 0.3) is 10.8 Å². The van der Waals surface area contributed by atoms with Crippen molar-refractivity contribution in [3.63, 3.8) is 0 Å². The minimum absolute atomic E-state index is 0. The summed E-state index contributed by atoms with van der Waals surface area (Å²) in [5.41, 5.74) is 5.97. The minimum Gasteiger partial charge on any atom is -0.328 e. The molecular formula is C15H18BrClN2S. The van der Waals surface area contributed by atoms with Gasteiger partial charge in [0.25, 0.3) is 0 Å². The standard InChI is InChI=1S/C15H17BrN2S.ClH/c16-14-7-11-9-18-6-5-10(11)8-15(14)19-13-3-1-12(17)2-4-13;/h5-9,12-13H,1-4,17H2;1H. The maximum atomic E-state index is 5.97. The number of aromatic nitrogens is 1. The Balaban J connectivity index is 0.00000147. The third-order valence-corrected chi connectivity index (χ3v) is 6.02. The van der Waals surface area contributed by atoms with E-state index in [2.05, 4.69) is 39.1 Å². The van der Waals surface area contributed by atoms with Crippen LogP contribution in [0.5, 0.6) is 0 Å². The van der Waals surface area contributed by atoms with E-state index in [1.807, 2.05) is 24.2 Å². The van der Waals surface area contributed by atoms with Gasteiger partial charge in [0.2, 0.25) is 0 Å². The first kappa shape index (κ1) is 16.1. The van der Waals surface area contributed by atoms with Gasteiger partial charge in [-0.05, 0) is 65.2 Å². The van der Waals surface area contributed by atoms with E-state index >= 15 is 0 Å². The summed E-state index contributed by atoms with van der Waals surface area (Å²) in [4.78, 5) is 5.50. The van der Waals surface area contributed by atoms with E-state index in [-0.39, 0.29) is 12.4 Å². The number of pyridine rings is 1. The summed E-state index contributed by atoms with van der Waals surface area (Å²) in [6.07, 6.45) is 8.54. The smallest absolute Gasteiger partial charge is 0.0346 e. The highest BCUT2D eigenvalue weighted by Crippen LogP contribution is 2.38. The van der Waals surface area contributed by atoms with E-state index in [0.29, 0.717) is 11.3 Å². The zero-order valence-corrected chi connectivity index (χ0v) is 14.3. The van der Waals surface area contributed by atoms with E-state index in [1.54, 1.807) is 0 Å². The number of rotatable bonds is 2. The van der Waals surface area contributed by atoms with Crippen molar-refractivity contribution in [3.05, 3.63) is 35.1 Å². The van der Waals surface area contributed by atoms with Crippen molar-refractivity contribution in [2.24, 2.45) is 5.73 Å². The lowest BCUT2D eigenvalue weighted by Gasteiger charge is -2.25. The molecule has 5 heteroatoms. The Labute approximate surface area is 138 Å². The number of hydrogen-bond acceptors (Lipinski definition) is 3. The molecule has 0 atom stereocenters. The van der Waals surface area contributed by atoms with E-state index in [1.165, 1.54) is 33.0 Å². The van der Waals surface area contributed by atoms with Gasteiger partial charge in [-0.1, -0.05) is 0 Å². The van der Waals surface area contributed by atoms with Gasteiger partial charge in [0.1, 0.15) is 0 Å².